The van der Waals surface area contributed by atoms with Crippen molar-refractivity contribution in [2.24, 2.45) is 0 Å². The van der Waals surface area contributed by atoms with Crippen LogP contribution in [0.2, 0.25) is 0 Å². The molecule has 0 radical (unpaired) electrons. The fraction of sp³-hybridized carbons (Fsp3) is 0.444. The Morgan fingerprint density at radius 2 is 2.00 bits per heavy atom. The standard InChI is InChI=1S/C18H19N3S/c1-13-20-15(12-22-13)7-5-14-6-10-18(19-11-14)21-16-3-2-4-17(21)9-8-16/h6,10-12,16-17H,2-4,8-9H2,1H3/p+1. The highest BCUT2D eigenvalue weighted by molar-refractivity contribution is 7.09. The lowest BCUT2D eigenvalue weighted by Crippen LogP contribution is -2.42. The molecule has 2 atom stereocenters. The topological polar surface area (TPSA) is 30.3 Å². The van der Waals surface area contributed by atoms with Crippen molar-refractivity contribution in [1.29, 1.82) is 0 Å². The maximum Gasteiger partial charge on any atom is 0.274 e. The lowest BCUT2D eigenvalue weighted by molar-refractivity contribution is -0.365. The van der Waals surface area contributed by atoms with E-state index in [1.54, 1.807) is 11.3 Å². The highest BCUT2D eigenvalue weighted by Gasteiger charge is 2.42. The Labute approximate surface area is 135 Å². The van der Waals surface area contributed by atoms with E-state index >= 15 is 0 Å². The molecule has 2 aromatic heterocycles. The van der Waals surface area contributed by atoms with Gasteiger partial charge in [-0.2, -0.15) is 0 Å². The number of H-pyrrole nitrogens is 1. The second-order valence-corrected chi connectivity index (χ2v) is 7.25. The minimum Gasteiger partial charge on any atom is -0.256 e. The summed E-state index contributed by atoms with van der Waals surface area (Å²) >= 11 is 1.64. The van der Waals surface area contributed by atoms with Crippen molar-refractivity contribution in [3.05, 3.63) is 40.0 Å². The van der Waals surface area contributed by atoms with E-state index in [1.807, 2.05) is 18.5 Å². The van der Waals surface area contributed by atoms with Crippen LogP contribution in [0.4, 0.5) is 5.82 Å². The number of aromatic amines is 1. The minimum atomic E-state index is 0.741. The summed E-state index contributed by atoms with van der Waals surface area (Å²) in [7, 11) is 0. The van der Waals surface area contributed by atoms with Crippen LogP contribution >= 0.6 is 11.3 Å². The predicted molar refractivity (Wildman–Crippen MR) is 89.0 cm³/mol. The van der Waals surface area contributed by atoms with Crippen LogP contribution in [-0.2, 0) is 0 Å². The van der Waals surface area contributed by atoms with Crippen molar-refractivity contribution in [3.63, 3.8) is 0 Å². The molecule has 2 unspecified atom stereocenters. The van der Waals surface area contributed by atoms with Crippen LogP contribution in [0.3, 0.4) is 0 Å². The van der Waals surface area contributed by atoms with Gasteiger partial charge >= 0.3 is 0 Å². The number of piperidine rings is 1. The molecule has 4 heteroatoms. The van der Waals surface area contributed by atoms with Gasteiger partial charge in [-0.15, -0.1) is 11.3 Å². The van der Waals surface area contributed by atoms with Gasteiger partial charge in [0.15, 0.2) is 0 Å². The molecule has 2 bridgehead atoms. The molecule has 2 aromatic rings. The maximum atomic E-state index is 4.37. The number of rotatable bonds is 1. The monoisotopic (exact) mass is 310 g/mol. The van der Waals surface area contributed by atoms with Gasteiger partial charge in [0.2, 0.25) is 0 Å². The average molecular weight is 310 g/mol. The number of fused-ring (bicyclic) bond motifs is 2. The van der Waals surface area contributed by atoms with E-state index in [9.17, 15) is 0 Å². The highest BCUT2D eigenvalue weighted by Crippen LogP contribution is 2.37. The van der Waals surface area contributed by atoms with Gasteiger partial charge in [-0.25, -0.2) is 9.97 Å². The van der Waals surface area contributed by atoms with Crippen LogP contribution in [-0.4, -0.2) is 17.1 Å². The van der Waals surface area contributed by atoms with Crippen molar-refractivity contribution in [3.8, 4) is 11.8 Å². The number of nitrogens with one attached hydrogen (secondary N) is 1. The predicted octanol–water partition coefficient (Wildman–Crippen LogP) is 3.19. The Balaban J connectivity index is 1.53. The normalized spacial score (nSPS) is 23.2. The number of aryl methyl sites for hydroxylation is 1. The molecule has 2 aliphatic heterocycles. The molecule has 0 amide bonds. The summed E-state index contributed by atoms with van der Waals surface area (Å²) in [6.07, 6.45) is 8.80. The molecule has 112 valence electrons. The molecular weight excluding hydrogens is 290 g/mol. The van der Waals surface area contributed by atoms with Crippen molar-refractivity contribution in [1.82, 2.24) is 4.98 Å². The Morgan fingerprint density at radius 3 is 2.64 bits per heavy atom. The van der Waals surface area contributed by atoms with Gasteiger partial charge in [0, 0.05) is 11.4 Å². The third kappa shape index (κ3) is 2.62. The van der Waals surface area contributed by atoms with E-state index in [0.717, 1.165) is 28.3 Å². The summed E-state index contributed by atoms with van der Waals surface area (Å²) < 4.78 is 0. The Bertz CT molecular complexity index is 707. The molecule has 0 saturated carbocycles. The van der Waals surface area contributed by atoms with Crippen LogP contribution in [0.15, 0.2) is 23.7 Å². The van der Waals surface area contributed by atoms with Gasteiger partial charge in [-0.05, 0) is 51.0 Å². The molecule has 0 spiro atoms. The first-order chi connectivity index (χ1) is 10.8. The van der Waals surface area contributed by atoms with Gasteiger partial charge in [0.05, 0.1) is 22.7 Å². The first-order valence-electron chi connectivity index (χ1n) is 8.04. The number of hydrogen-bond acceptors (Lipinski definition) is 3. The van der Waals surface area contributed by atoms with E-state index in [2.05, 4.69) is 38.8 Å². The van der Waals surface area contributed by atoms with Crippen LogP contribution < -0.4 is 9.88 Å². The van der Waals surface area contributed by atoms with E-state index in [0.29, 0.717) is 0 Å². The zero-order valence-electron chi connectivity index (χ0n) is 12.8. The molecule has 3 nitrogen and oxygen atoms in total. The molecule has 2 aliphatic rings. The molecule has 4 heterocycles. The van der Waals surface area contributed by atoms with Gasteiger partial charge in [0.1, 0.15) is 11.9 Å². The number of pyridine rings is 1. The Kier molecular flexibility index (Phi) is 3.59. The van der Waals surface area contributed by atoms with Crippen LogP contribution in [0, 0.1) is 18.8 Å². The summed E-state index contributed by atoms with van der Waals surface area (Å²) in [5.41, 5.74) is 1.87. The Morgan fingerprint density at radius 1 is 1.18 bits per heavy atom. The fourth-order valence-corrected chi connectivity index (χ4v) is 4.27. The molecule has 2 fully saturated rings. The van der Waals surface area contributed by atoms with Crippen molar-refractivity contribution >= 4 is 17.2 Å². The smallest absolute Gasteiger partial charge is 0.256 e. The average Bonchev–Trinajstić information content (AvgIpc) is 3.06. The van der Waals surface area contributed by atoms with E-state index in [1.165, 1.54) is 37.9 Å². The third-order valence-corrected chi connectivity index (χ3v) is 5.50. The number of aromatic nitrogens is 2. The first-order valence-corrected chi connectivity index (χ1v) is 8.92. The highest BCUT2D eigenvalue weighted by atomic mass is 32.1. The van der Waals surface area contributed by atoms with Gasteiger partial charge < -0.3 is 0 Å². The summed E-state index contributed by atoms with van der Waals surface area (Å²) in [5.74, 6) is 7.57. The lowest BCUT2D eigenvalue weighted by atomic mass is 10.0. The second-order valence-electron chi connectivity index (χ2n) is 6.19. The fourth-order valence-electron chi connectivity index (χ4n) is 3.72. The van der Waals surface area contributed by atoms with Crippen molar-refractivity contribution < 1.29 is 4.98 Å². The summed E-state index contributed by atoms with van der Waals surface area (Å²) in [4.78, 5) is 10.4. The van der Waals surface area contributed by atoms with Gasteiger partial charge in [-0.1, -0.05) is 5.92 Å². The summed E-state index contributed by atoms with van der Waals surface area (Å²) in [6.45, 7) is 2.01. The van der Waals surface area contributed by atoms with E-state index < -0.39 is 0 Å². The SMILES string of the molecule is Cc1nc(C#Cc2ccc(N3C4CCCC3CC4)[nH+]c2)cs1. The summed E-state index contributed by atoms with van der Waals surface area (Å²) in [5, 5.41) is 3.07. The summed E-state index contributed by atoms with van der Waals surface area (Å²) in [6, 6.07) is 5.79. The van der Waals surface area contributed by atoms with Crippen LogP contribution in [0.5, 0.6) is 0 Å². The van der Waals surface area contributed by atoms with Crippen LogP contribution in [0.1, 0.15) is 48.4 Å². The molecule has 2 saturated heterocycles. The third-order valence-electron chi connectivity index (χ3n) is 4.72. The second kappa shape index (κ2) is 5.73. The van der Waals surface area contributed by atoms with Crippen LogP contribution in [0.25, 0.3) is 0 Å². The van der Waals surface area contributed by atoms with Crippen molar-refractivity contribution in [2.45, 2.75) is 51.1 Å². The van der Waals surface area contributed by atoms with Gasteiger partial charge in [-0.3, -0.25) is 4.90 Å². The molecule has 1 N–H and O–H groups in total. The quantitative estimate of drug-likeness (QED) is 0.757. The maximum absolute atomic E-state index is 4.37. The molecular formula is C18H20N3S+. The number of thiazole rings is 1. The number of anilines is 1. The lowest BCUT2D eigenvalue weighted by Gasteiger charge is -2.29. The molecule has 0 aromatic carbocycles. The van der Waals surface area contributed by atoms with Crippen molar-refractivity contribution in [2.75, 3.05) is 4.90 Å². The van der Waals surface area contributed by atoms with Gasteiger partial charge in [0.25, 0.3) is 5.82 Å². The zero-order chi connectivity index (χ0) is 14.9. The molecule has 22 heavy (non-hydrogen) atoms. The van der Waals surface area contributed by atoms with E-state index in [-0.39, 0.29) is 0 Å². The Hall–Kier alpha value is -1.86. The minimum absolute atomic E-state index is 0.741. The first kappa shape index (κ1) is 13.8. The molecule has 4 rings (SSSR count). The molecule has 0 aliphatic carbocycles. The zero-order valence-corrected chi connectivity index (χ0v) is 13.6. The number of nitrogens with zero attached hydrogens (tertiary/aromatic N) is 2. The largest absolute Gasteiger partial charge is 0.274 e. The number of hydrogen-bond donors (Lipinski definition) is 0. The van der Waals surface area contributed by atoms with E-state index in [4.69, 9.17) is 0 Å².